The van der Waals surface area contributed by atoms with Crippen LogP contribution in [0.1, 0.15) is 17.3 Å². The fourth-order valence-electron chi connectivity index (χ4n) is 2.20. The molecule has 0 heterocycles. The molecule has 1 amide bonds. The van der Waals surface area contributed by atoms with Gasteiger partial charge in [0.2, 0.25) is 0 Å². The molecule has 0 aliphatic rings. The van der Waals surface area contributed by atoms with Crippen molar-refractivity contribution >= 4 is 17.6 Å². The van der Waals surface area contributed by atoms with Crippen LogP contribution in [0.15, 0.2) is 42.5 Å². The van der Waals surface area contributed by atoms with Gasteiger partial charge in [0.25, 0.3) is 5.91 Å². The number of hydrogen-bond donors (Lipinski definition) is 2. The first-order valence-electron chi connectivity index (χ1n) is 8.25. The largest absolute Gasteiger partial charge is 0.491 e. The topological polar surface area (TPSA) is 94.1 Å². The number of carbonyl (C=O) groups is 2. The number of anilines is 1. The van der Waals surface area contributed by atoms with Gasteiger partial charge in [-0.3, -0.25) is 4.79 Å². The number of amides is 1. The van der Waals surface area contributed by atoms with Crippen LogP contribution in [0.4, 0.5) is 10.1 Å². The van der Waals surface area contributed by atoms with E-state index in [2.05, 4.69) is 5.32 Å². The molecule has 0 aliphatic heterocycles. The van der Waals surface area contributed by atoms with E-state index in [9.17, 15) is 14.0 Å². The van der Waals surface area contributed by atoms with Gasteiger partial charge >= 0.3 is 5.97 Å². The van der Waals surface area contributed by atoms with Crippen LogP contribution in [0.25, 0.3) is 0 Å². The summed E-state index contributed by atoms with van der Waals surface area (Å²) in [5.74, 6) is -0.570. The van der Waals surface area contributed by atoms with E-state index in [1.807, 2.05) is 0 Å². The number of rotatable bonds is 10. The lowest BCUT2D eigenvalue weighted by Crippen LogP contribution is -2.13. The Labute approximate surface area is 155 Å². The lowest BCUT2D eigenvalue weighted by atomic mass is 10.1. The molecule has 8 heteroatoms. The van der Waals surface area contributed by atoms with Crippen molar-refractivity contribution in [3.05, 3.63) is 48.0 Å². The molecule has 2 aromatic carbocycles. The van der Waals surface area contributed by atoms with Crippen molar-refractivity contribution in [1.82, 2.24) is 0 Å². The van der Waals surface area contributed by atoms with Gasteiger partial charge in [-0.25, -0.2) is 9.18 Å². The normalized spacial score (nSPS) is 10.1. The van der Waals surface area contributed by atoms with Crippen LogP contribution < -0.4 is 19.5 Å². The van der Waals surface area contributed by atoms with Crippen molar-refractivity contribution in [3.63, 3.8) is 0 Å². The Kier molecular flexibility index (Phi) is 7.42. The maximum Gasteiger partial charge on any atom is 0.341 e. The van der Waals surface area contributed by atoms with Crippen molar-refractivity contribution in [2.75, 3.05) is 31.8 Å². The number of aliphatic carboxylic acids is 1. The maximum atomic E-state index is 12.5. The first-order valence-corrected chi connectivity index (χ1v) is 8.25. The van der Waals surface area contributed by atoms with E-state index in [4.69, 9.17) is 19.3 Å². The second-order valence-electron chi connectivity index (χ2n) is 5.30. The first kappa shape index (κ1) is 20.0. The summed E-state index contributed by atoms with van der Waals surface area (Å²) in [7, 11) is 0. The number of ether oxygens (including phenoxy) is 3. The van der Waals surface area contributed by atoms with Crippen LogP contribution in [0.5, 0.6) is 17.2 Å². The summed E-state index contributed by atoms with van der Waals surface area (Å²) in [6.45, 7) is 0.899. The molecular formula is C19H20FNO6. The second-order valence-corrected chi connectivity index (χ2v) is 5.30. The Bertz CT molecular complexity index is 796. The summed E-state index contributed by atoms with van der Waals surface area (Å²) >= 11 is 0. The lowest BCUT2D eigenvalue weighted by Gasteiger charge is -2.13. The highest BCUT2D eigenvalue weighted by Crippen LogP contribution is 2.29. The Hall–Kier alpha value is -3.29. The number of nitrogens with one attached hydrogen (secondary N) is 1. The standard InChI is InChI=1S/C19H20FNO6/c1-2-25-17-10-13(6-7-16(17)27-12-18(22)23)19(24)21-14-4-3-5-15(11-14)26-9-8-20/h3-7,10-11H,2,8-9,12H2,1H3,(H,21,24)(H,22,23). The molecular weight excluding hydrogens is 357 g/mol. The van der Waals surface area contributed by atoms with E-state index < -0.39 is 25.2 Å². The highest BCUT2D eigenvalue weighted by molar-refractivity contribution is 6.04. The molecule has 0 radical (unpaired) electrons. The molecule has 2 rings (SSSR count). The molecule has 7 nitrogen and oxygen atoms in total. The maximum absolute atomic E-state index is 12.5. The molecule has 0 saturated carbocycles. The van der Waals surface area contributed by atoms with Crippen LogP contribution in [0.2, 0.25) is 0 Å². The van der Waals surface area contributed by atoms with E-state index in [1.165, 1.54) is 18.2 Å². The predicted molar refractivity (Wildman–Crippen MR) is 96.6 cm³/mol. The van der Waals surface area contributed by atoms with Crippen LogP contribution in [0.3, 0.4) is 0 Å². The summed E-state index contributed by atoms with van der Waals surface area (Å²) in [5, 5.41) is 11.4. The quantitative estimate of drug-likeness (QED) is 0.661. The Morgan fingerprint density at radius 1 is 1.07 bits per heavy atom. The van der Waals surface area contributed by atoms with Crippen LogP contribution >= 0.6 is 0 Å². The molecule has 0 atom stereocenters. The zero-order valence-electron chi connectivity index (χ0n) is 14.7. The molecule has 2 N–H and O–H groups in total. The number of alkyl halides is 1. The highest BCUT2D eigenvalue weighted by atomic mass is 19.1. The zero-order chi connectivity index (χ0) is 19.6. The van der Waals surface area contributed by atoms with E-state index >= 15 is 0 Å². The molecule has 0 saturated heterocycles. The molecule has 0 bridgehead atoms. The molecule has 0 aliphatic carbocycles. The Morgan fingerprint density at radius 3 is 2.59 bits per heavy atom. The van der Waals surface area contributed by atoms with Gasteiger partial charge in [-0.05, 0) is 37.3 Å². The van der Waals surface area contributed by atoms with Gasteiger partial charge in [0.15, 0.2) is 18.1 Å². The number of halogens is 1. The van der Waals surface area contributed by atoms with Crippen LogP contribution in [-0.2, 0) is 4.79 Å². The smallest absolute Gasteiger partial charge is 0.341 e. The second kappa shape index (κ2) is 10.0. The first-order chi connectivity index (χ1) is 13.0. The van der Waals surface area contributed by atoms with Gasteiger partial charge in [0.05, 0.1) is 6.61 Å². The van der Waals surface area contributed by atoms with Crippen molar-refractivity contribution in [2.45, 2.75) is 6.92 Å². The number of carbonyl (C=O) groups excluding carboxylic acids is 1. The van der Waals surface area contributed by atoms with Crippen molar-refractivity contribution in [2.24, 2.45) is 0 Å². The summed E-state index contributed by atoms with van der Waals surface area (Å²) in [6.07, 6.45) is 0. The van der Waals surface area contributed by atoms with Gasteiger partial charge in [-0.1, -0.05) is 6.07 Å². The van der Waals surface area contributed by atoms with Crippen LogP contribution in [0, 0.1) is 0 Å². The van der Waals surface area contributed by atoms with E-state index in [0.717, 1.165) is 0 Å². The lowest BCUT2D eigenvalue weighted by molar-refractivity contribution is -0.139. The highest BCUT2D eigenvalue weighted by Gasteiger charge is 2.13. The van der Waals surface area contributed by atoms with E-state index in [1.54, 1.807) is 31.2 Å². The molecule has 0 spiro atoms. The summed E-state index contributed by atoms with van der Waals surface area (Å²) < 4.78 is 28.0. The predicted octanol–water partition coefficient (Wildman–Crippen LogP) is 3.15. The Morgan fingerprint density at radius 2 is 1.89 bits per heavy atom. The fourth-order valence-corrected chi connectivity index (χ4v) is 2.20. The SMILES string of the molecule is CCOc1cc(C(=O)Nc2cccc(OCCF)c2)ccc1OCC(=O)O. The third-order valence-corrected chi connectivity index (χ3v) is 3.29. The molecule has 0 unspecified atom stereocenters. The van der Waals surface area contributed by atoms with E-state index in [-0.39, 0.29) is 18.1 Å². The Balaban J connectivity index is 2.13. The zero-order valence-corrected chi connectivity index (χ0v) is 14.7. The van der Waals surface area contributed by atoms with Gasteiger partial charge in [0, 0.05) is 17.3 Å². The number of benzene rings is 2. The van der Waals surface area contributed by atoms with Gasteiger partial charge in [-0.15, -0.1) is 0 Å². The molecule has 0 aromatic heterocycles. The number of carboxylic acids is 1. The van der Waals surface area contributed by atoms with Gasteiger partial charge in [-0.2, -0.15) is 0 Å². The van der Waals surface area contributed by atoms with Crippen LogP contribution in [-0.4, -0.2) is 43.5 Å². The minimum atomic E-state index is -1.12. The number of carboxylic acid groups (broad SMARTS) is 1. The summed E-state index contributed by atoms with van der Waals surface area (Å²) in [5.41, 5.74) is 0.789. The monoisotopic (exact) mass is 377 g/mol. The molecule has 144 valence electrons. The van der Waals surface area contributed by atoms with Gasteiger partial charge in [0.1, 0.15) is 19.0 Å². The molecule has 0 fully saturated rings. The fraction of sp³-hybridized carbons (Fsp3) is 0.263. The van der Waals surface area contributed by atoms with Crippen molar-refractivity contribution in [1.29, 1.82) is 0 Å². The average molecular weight is 377 g/mol. The van der Waals surface area contributed by atoms with Crippen molar-refractivity contribution in [3.8, 4) is 17.2 Å². The molecule has 27 heavy (non-hydrogen) atoms. The third-order valence-electron chi connectivity index (χ3n) is 3.29. The van der Waals surface area contributed by atoms with E-state index in [0.29, 0.717) is 23.6 Å². The average Bonchev–Trinajstić information content (AvgIpc) is 2.65. The summed E-state index contributed by atoms with van der Waals surface area (Å²) in [4.78, 5) is 23.1. The minimum Gasteiger partial charge on any atom is -0.491 e. The van der Waals surface area contributed by atoms with Gasteiger partial charge < -0.3 is 24.6 Å². The summed E-state index contributed by atoms with van der Waals surface area (Å²) in [6, 6.07) is 11.0. The number of hydrogen-bond acceptors (Lipinski definition) is 5. The third kappa shape index (κ3) is 6.18. The molecule has 2 aromatic rings. The van der Waals surface area contributed by atoms with Crippen molar-refractivity contribution < 1.29 is 33.3 Å². The minimum absolute atomic E-state index is 0.0626.